The molecule has 1 aromatic rings. The molecule has 2 amide bonds. The Bertz CT molecular complexity index is 553. The second kappa shape index (κ2) is 8.65. The molecule has 1 heterocycles. The van der Waals surface area contributed by atoms with Crippen LogP contribution in [-0.2, 0) is 14.3 Å². The van der Waals surface area contributed by atoms with Crippen molar-refractivity contribution in [3.8, 4) is 5.75 Å². The molecule has 132 valence electrons. The van der Waals surface area contributed by atoms with E-state index < -0.39 is 5.41 Å². The lowest BCUT2D eigenvalue weighted by Crippen LogP contribution is -2.46. The maximum atomic E-state index is 12.6. The van der Waals surface area contributed by atoms with Gasteiger partial charge in [0.2, 0.25) is 11.8 Å². The molecule has 1 aliphatic heterocycles. The van der Waals surface area contributed by atoms with Crippen LogP contribution in [0, 0.1) is 5.41 Å². The zero-order chi connectivity index (χ0) is 17.4. The molecule has 7 nitrogen and oxygen atoms in total. The van der Waals surface area contributed by atoms with Crippen molar-refractivity contribution in [2.24, 2.45) is 11.1 Å². The molecule has 0 aliphatic carbocycles. The van der Waals surface area contributed by atoms with Crippen LogP contribution in [0.3, 0.4) is 0 Å². The largest absolute Gasteiger partial charge is 0.493 e. The van der Waals surface area contributed by atoms with E-state index in [2.05, 4.69) is 10.6 Å². The van der Waals surface area contributed by atoms with Gasteiger partial charge in [0.25, 0.3) is 0 Å². The van der Waals surface area contributed by atoms with Gasteiger partial charge in [-0.1, -0.05) is 0 Å². The fourth-order valence-electron chi connectivity index (χ4n) is 2.57. The minimum absolute atomic E-state index is 0.0672. The third-order valence-corrected chi connectivity index (χ3v) is 4.31. The van der Waals surface area contributed by atoms with E-state index in [-0.39, 0.29) is 11.8 Å². The molecule has 0 aromatic heterocycles. The number of ether oxygens (including phenoxy) is 2. The van der Waals surface area contributed by atoms with Gasteiger partial charge in [0, 0.05) is 32.5 Å². The van der Waals surface area contributed by atoms with Crippen LogP contribution in [0.4, 0.5) is 5.69 Å². The molecule has 0 saturated carbocycles. The van der Waals surface area contributed by atoms with Crippen LogP contribution in [0.2, 0.25) is 0 Å². The molecule has 0 bridgehead atoms. The summed E-state index contributed by atoms with van der Waals surface area (Å²) < 4.78 is 10.8. The Labute approximate surface area is 141 Å². The lowest BCUT2D eigenvalue weighted by Gasteiger charge is -2.34. The van der Waals surface area contributed by atoms with Gasteiger partial charge in [0.15, 0.2) is 0 Å². The highest BCUT2D eigenvalue weighted by Crippen LogP contribution is 2.31. The zero-order valence-corrected chi connectivity index (χ0v) is 14.0. The second-order valence-corrected chi connectivity index (χ2v) is 5.85. The van der Waals surface area contributed by atoms with Crippen LogP contribution < -0.4 is 21.1 Å². The minimum Gasteiger partial charge on any atom is -0.493 e. The number of carbonyl (C=O) groups is 2. The van der Waals surface area contributed by atoms with E-state index in [1.54, 1.807) is 31.3 Å². The van der Waals surface area contributed by atoms with Gasteiger partial charge in [-0.3, -0.25) is 9.59 Å². The number of hydrogen-bond donors (Lipinski definition) is 3. The Kier molecular flexibility index (Phi) is 6.57. The average Bonchev–Trinajstić information content (AvgIpc) is 2.63. The monoisotopic (exact) mass is 335 g/mol. The highest BCUT2D eigenvalue weighted by molar-refractivity contribution is 5.95. The molecule has 0 atom stereocenters. The smallest absolute Gasteiger partial charge is 0.232 e. The summed E-state index contributed by atoms with van der Waals surface area (Å²) in [5, 5.41) is 5.46. The Balaban J connectivity index is 1.88. The lowest BCUT2D eigenvalue weighted by molar-refractivity contribution is -0.130. The van der Waals surface area contributed by atoms with Gasteiger partial charge in [0.05, 0.1) is 18.4 Å². The Morgan fingerprint density at radius 3 is 2.50 bits per heavy atom. The predicted molar refractivity (Wildman–Crippen MR) is 90.8 cm³/mol. The fourth-order valence-corrected chi connectivity index (χ4v) is 2.57. The number of carbonyl (C=O) groups excluding carboxylic acids is 2. The molecule has 2 rings (SSSR count). The van der Waals surface area contributed by atoms with Crippen molar-refractivity contribution in [1.82, 2.24) is 5.32 Å². The molecule has 0 spiro atoms. The summed E-state index contributed by atoms with van der Waals surface area (Å²) in [4.78, 5) is 23.7. The first-order valence-electron chi connectivity index (χ1n) is 8.12. The van der Waals surface area contributed by atoms with Gasteiger partial charge in [-0.05, 0) is 37.1 Å². The van der Waals surface area contributed by atoms with Gasteiger partial charge in [-0.25, -0.2) is 0 Å². The van der Waals surface area contributed by atoms with Crippen molar-refractivity contribution < 1.29 is 19.1 Å². The molecule has 1 fully saturated rings. The molecule has 24 heavy (non-hydrogen) atoms. The highest BCUT2D eigenvalue weighted by atomic mass is 16.5. The molecule has 4 N–H and O–H groups in total. The van der Waals surface area contributed by atoms with E-state index in [9.17, 15) is 9.59 Å². The molecule has 1 aliphatic rings. The minimum atomic E-state index is -0.555. The molecule has 1 aromatic carbocycles. The molecular weight excluding hydrogens is 310 g/mol. The van der Waals surface area contributed by atoms with Crippen LogP contribution >= 0.6 is 0 Å². The summed E-state index contributed by atoms with van der Waals surface area (Å²) in [5.74, 6) is 0.514. The first-order chi connectivity index (χ1) is 11.6. The van der Waals surface area contributed by atoms with Crippen LogP contribution in [-0.4, -0.2) is 45.2 Å². The van der Waals surface area contributed by atoms with E-state index in [1.807, 2.05) is 0 Å². The van der Waals surface area contributed by atoms with Crippen LogP contribution in [0.1, 0.15) is 19.3 Å². The number of rotatable bonds is 7. The first-order valence-corrected chi connectivity index (χ1v) is 8.12. The normalized spacial score (nSPS) is 16.2. The Hall–Kier alpha value is -2.12. The molecule has 0 radical (unpaired) electrons. The number of nitrogens with two attached hydrogens (primary N) is 1. The molecule has 7 heteroatoms. The summed E-state index contributed by atoms with van der Waals surface area (Å²) in [6, 6.07) is 7.07. The van der Waals surface area contributed by atoms with Crippen molar-refractivity contribution in [2.45, 2.75) is 19.3 Å². The fraction of sp³-hybridized carbons (Fsp3) is 0.529. The van der Waals surface area contributed by atoms with E-state index >= 15 is 0 Å². The summed E-state index contributed by atoms with van der Waals surface area (Å²) >= 11 is 0. The summed E-state index contributed by atoms with van der Waals surface area (Å²) in [7, 11) is 1.59. The molecular formula is C17H25N3O4. The van der Waals surface area contributed by atoms with Crippen LogP contribution in [0.5, 0.6) is 5.75 Å². The van der Waals surface area contributed by atoms with E-state index in [0.717, 1.165) is 0 Å². The zero-order valence-electron chi connectivity index (χ0n) is 14.0. The first kappa shape index (κ1) is 18.2. The number of anilines is 1. The van der Waals surface area contributed by atoms with E-state index in [1.165, 1.54) is 0 Å². The third-order valence-electron chi connectivity index (χ3n) is 4.31. The Morgan fingerprint density at radius 2 is 1.92 bits per heavy atom. The maximum Gasteiger partial charge on any atom is 0.232 e. The standard InChI is InChI=1S/C17H25N3O4/c1-19-15(21)6-9-24-14-4-2-13(3-5-14)20-16(22)17(12-18)7-10-23-11-8-17/h2-5H,6-12,18H2,1H3,(H,19,21)(H,20,22). The number of nitrogens with one attached hydrogen (secondary N) is 2. The Morgan fingerprint density at radius 1 is 1.25 bits per heavy atom. The summed E-state index contributed by atoms with van der Waals surface area (Å²) in [5.41, 5.74) is 5.98. The number of amides is 2. The molecule has 1 saturated heterocycles. The van der Waals surface area contributed by atoms with Crippen molar-refractivity contribution in [3.63, 3.8) is 0 Å². The van der Waals surface area contributed by atoms with Gasteiger partial charge in [0.1, 0.15) is 5.75 Å². The third kappa shape index (κ3) is 4.69. The van der Waals surface area contributed by atoms with Gasteiger partial charge >= 0.3 is 0 Å². The summed E-state index contributed by atoms with van der Waals surface area (Å²) in [6.45, 7) is 1.73. The van der Waals surface area contributed by atoms with E-state index in [4.69, 9.17) is 15.2 Å². The second-order valence-electron chi connectivity index (χ2n) is 5.85. The van der Waals surface area contributed by atoms with Crippen LogP contribution in [0.25, 0.3) is 0 Å². The van der Waals surface area contributed by atoms with Crippen molar-refractivity contribution in [1.29, 1.82) is 0 Å². The number of hydrogen-bond acceptors (Lipinski definition) is 5. The highest BCUT2D eigenvalue weighted by Gasteiger charge is 2.38. The lowest BCUT2D eigenvalue weighted by atomic mass is 9.79. The van der Waals surface area contributed by atoms with Crippen molar-refractivity contribution in [2.75, 3.05) is 38.7 Å². The van der Waals surface area contributed by atoms with Crippen molar-refractivity contribution in [3.05, 3.63) is 24.3 Å². The van der Waals surface area contributed by atoms with Gasteiger partial charge in [-0.2, -0.15) is 0 Å². The average molecular weight is 335 g/mol. The van der Waals surface area contributed by atoms with Crippen molar-refractivity contribution >= 4 is 17.5 Å². The quantitative estimate of drug-likeness (QED) is 0.687. The van der Waals surface area contributed by atoms with Gasteiger partial charge < -0.3 is 25.8 Å². The molecule has 0 unspecified atom stereocenters. The van der Waals surface area contributed by atoms with Gasteiger partial charge in [-0.15, -0.1) is 0 Å². The predicted octanol–water partition coefficient (Wildman–Crippen LogP) is 0.895. The SMILES string of the molecule is CNC(=O)CCOc1ccc(NC(=O)C2(CN)CCOCC2)cc1. The van der Waals surface area contributed by atoms with Crippen LogP contribution in [0.15, 0.2) is 24.3 Å². The summed E-state index contributed by atoms with van der Waals surface area (Å²) in [6.07, 6.45) is 1.57. The number of benzene rings is 1. The maximum absolute atomic E-state index is 12.6. The van der Waals surface area contributed by atoms with E-state index in [0.29, 0.717) is 57.1 Å². The topological polar surface area (TPSA) is 103 Å².